The second-order valence-corrected chi connectivity index (χ2v) is 2.48. The van der Waals surface area contributed by atoms with Crippen LogP contribution in [-0.4, -0.2) is 26.2 Å². The fourth-order valence-electron chi connectivity index (χ4n) is 1.06. The van der Waals surface area contributed by atoms with Gasteiger partial charge in [0, 0.05) is 0 Å². The minimum Gasteiger partial charge on any atom is -0.469 e. The van der Waals surface area contributed by atoms with Crippen LogP contribution in [0.4, 0.5) is 0 Å². The lowest BCUT2D eigenvalue weighted by molar-refractivity contribution is -0.155. The van der Waals surface area contributed by atoms with Crippen LogP contribution < -0.4 is 0 Å². The molecule has 66 valence electrons. The van der Waals surface area contributed by atoms with Gasteiger partial charge in [-0.3, -0.25) is 9.59 Å². The molecule has 0 aromatic heterocycles. The molecule has 1 aliphatic carbocycles. The number of ether oxygens (including phenoxy) is 2. The van der Waals surface area contributed by atoms with Crippen molar-refractivity contribution in [2.75, 3.05) is 14.2 Å². The van der Waals surface area contributed by atoms with E-state index < -0.39 is 23.8 Å². The third-order valence-corrected chi connectivity index (χ3v) is 1.86. The van der Waals surface area contributed by atoms with E-state index in [1.165, 1.54) is 14.2 Å². The molecule has 2 atom stereocenters. The van der Waals surface area contributed by atoms with E-state index in [2.05, 4.69) is 9.47 Å². The normalized spacial score (nSPS) is 25.8. The average molecular weight is 170 g/mol. The molecule has 0 saturated carbocycles. The minimum atomic E-state index is -0.456. The largest absolute Gasteiger partial charge is 0.469 e. The summed E-state index contributed by atoms with van der Waals surface area (Å²) in [5.74, 6) is -1.70. The molecule has 1 rings (SSSR count). The lowest BCUT2D eigenvalue weighted by atomic mass is 9.82. The fourth-order valence-corrected chi connectivity index (χ4v) is 1.06. The Bertz CT molecular complexity index is 207. The zero-order valence-electron chi connectivity index (χ0n) is 6.94. The smallest absolute Gasteiger partial charge is 0.313 e. The summed E-state index contributed by atoms with van der Waals surface area (Å²) in [6.07, 6.45) is 3.26. The third-order valence-electron chi connectivity index (χ3n) is 1.86. The molecule has 0 heterocycles. The maximum absolute atomic E-state index is 10.9. The van der Waals surface area contributed by atoms with E-state index in [4.69, 9.17) is 0 Å². The Kier molecular flexibility index (Phi) is 2.47. The summed E-state index contributed by atoms with van der Waals surface area (Å²) >= 11 is 0. The summed E-state index contributed by atoms with van der Waals surface area (Å²) in [5.41, 5.74) is 0. The molecule has 0 aliphatic heterocycles. The van der Waals surface area contributed by atoms with Crippen molar-refractivity contribution in [3.63, 3.8) is 0 Å². The average Bonchev–Trinajstić information content (AvgIpc) is 2.02. The van der Waals surface area contributed by atoms with Crippen LogP contribution in [0.15, 0.2) is 12.2 Å². The second kappa shape index (κ2) is 3.38. The highest BCUT2D eigenvalue weighted by atomic mass is 16.5. The van der Waals surface area contributed by atoms with Crippen LogP contribution in [0.25, 0.3) is 0 Å². The first-order valence-electron chi connectivity index (χ1n) is 3.54. The van der Waals surface area contributed by atoms with Crippen molar-refractivity contribution in [3.8, 4) is 0 Å². The van der Waals surface area contributed by atoms with Crippen LogP contribution in [0.1, 0.15) is 0 Å². The standard InChI is InChI=1S/C8H10O4/c1-11-7(9)5-3-4-6(5)8(10)12-2/h3-6H,1-2H3/t5-,6-/m0/s1. The van der Waals surface area contributed by atoms with Crippen LogP contribution in [0.2, 0.25) is 0 Å². The molecule has 4 nitrogen and oxygen atoms in total. The number of hydrogen-bond acceptors (Lipinski definition) is 4. The van der Waals surface area contributed by atoms with Crippen molar-refractivity contribution in [3.05, 3.63) is 12.2 Å². The van der Waals surface area contributed by atoms with E-state index >= 15 is 0 Å². The molecule has 0 unspecified atom stereocenters. The Labute approximate surface area is 70.1 Å². The Balaban J connectivity index is 2.57. The molecule has 0 N–H and O–H groups in total. The third kappa shape index (κ3) is 1.32. The molecule has 0 spiro atoms. The lowest BCUT2D eigenvalue weighted by Crippen LogP contribution is -2.34. The maximum atomic E-state index is 10.9. The van der Waals surface area contributed by atoms with E-state index in [-0.39, 0.29) is 0 Å². The number of carbonyl (C=O) groups is 2. The van der Waals surface area contributed by atoms with Gasteiger partial charge in [-0.05, 0) is 0 Å². The highest BCUT2D eigenvalue weighted by Gasteiger charge is 2.37. The zero-order valence-corrected chi connectivity index (χ0v) is 6.94. The van der Waals surface area contributed by atoms with Gasteiger partial charge in [0.05, 0.1) is 26.1 Å². The first kappa shape index (κ1) is 8.77. The lowest BCUT2D eigenvalue weighted by Gasteiger charge is -2.24. The van der Waals surface area contributed by atoms with Gasteiger partial charge >= 0.3 is 11.9 Å². The molecule has 0 fully saturated rings. The van der Waals surface area contributed by atoms with Crippen LogP contribution >= 0.6 is 0 Å². The summed E-state index contributed by atoms with van der Waals surface area (Å²) in [6, 6.07) is 0. The van der Waals surface area contributed by atoms with E-state index in [9.17, 15) is 9.59 Å². The van der Waals surface area contributed by atoms with Gasteiger partial charge in [-0.2, -0.15) is 0 Å². The maximum Gasteiger partial charge on any atom is 0.313 e. The monoisotopic (exact) mass is 170 g/mol. The summed E-state index contributed by atoms with van der Waals surface area (Å²) in [6.45, 7) is 0. The van der Waals surface area contributed by atoms with Gasteiger partial charge in [0.1, 0.15) is 0 Å². The SMILES string of the molecule is COC(=O)[C@H]1C=C[C@@H]1C(=O)OC. The van der Waals surface area contributed by atoms with Gasteiger partial charge in [0.25, 0.3) is 0 Å². The van der Waals surface area contributed by atoms with Crippen molar-refractivity contribution in [1.29, 1.82) is 0 Å². The molecule has 1 aliphatic rings. The Morgan fingerprint density at radius 3 is 1.50 bits per heavy atom. The predicted molar refractivity (Wildman–Crippen MR) is 40.2 cm³/mol. The van der Waals surface area contributed by atoms with Crippen LogP contribution in [-0.2, 0) is 19.1 Å². The molecule has 4 heteroatoms. The molecule has 0 amide bonds. The number of carbonyl (C=O) groups excluding carboxylic acids is 2. The first-order chi connectivity index (χ1) is 5.70. The van der Waals surface area contributed by atoms with Gasteiger partial charge in [-0.15, -0.1) is 0 Å². The Morgan fingerprint density at radius 2 is 1.33 bits per heavy atom. The second-order valence-electron chi connectivity index (χ2n) is 2.48. The van der Waals surface area contributed by atoms with Crippen LogP contribution in [0, 0.1) is 11.8 Å². The molecule has 0 saturated heterocycles. The molecular weight excluding hydrogens is 160 g/mol. The topological polar surface area (TPSA) is 52.6 Å². The summed E-state index contributed by atoms with van der Waals surface area (Å²) in [7, 11) is 2.59. The van der Waals surface area contributed by atoms with Crippen LogP contribution in [0.3, 0.4) is 0 Å². The van der Waals surface area contributed by atoms with Crippen molar-refractivity contribution >= 4 is 11.9 Å². The Morgan fingerprint density at radius 1 is 1.00 bits per heavy atom. The van der Waals surface area contributed by atoms with Gasteiger partial charge in [0.15, 0.2) is 0 Å². The molecule has 0 bridgehead atoms. The first-order valence-corrected chi connectivity index (χ1v) is 3.54. The van der Waals surface area contributed by atoms with Crippen molar-refractivity contribution in [1.82, 2.24) is 0 Å². The predicted octanol–water partition coefficient (Wildman–Crippen LogP) is 0.135. The molecule has 0 aromatic rings. The zero-order chi connectivity index (χ0) is 9.14. The van der Waals surface area contributed by atoms with Crippen molar-refractivity contribution in [2.24, 2.45) is 11.8 Å². The number of methoxy groups -OCH3 is 2. The minimum absolute atomic E-state index is 0.395. The number of esters is 2. The van der Waals surface area contributed by atoms with E-state index in [0.717, 1.165) is 0 Å². The van der Waals surface area contributed by atoms with Gasteiger partial charge < -0.3 is 9.47 Å². The highest BCUT2D eigenvalue weighted by Crippen LogP contribution is 2.27. The Hall–Kier alpha value is -1.32. The van der Waals surface area contributed by atoms with Crippen LogP contribution in [0.5, 0.6) is 0 Å². The molecule has 0 radical (unpaired) electrons. The molecule has 12 heavy (non-hydrogen) atoms. The summed E-state index contributed by atoms with van der Waals surface area (Å²) in [5, 5.41) is 0. The summed E-state index contributed by atoms with van der Waals surface area (Å²) in [4.78, 5) is 21.9. The van der Waals surface area contributed by atoms with E-state index in [1.807, 2.05) is 0 Å². The highest BCUT2D eigenvalue weighted by molar-refractivity contribution is 5.87. The molecule has 0 aromatic carbocycles. The summed E-state index contributed by atoms with van der Waals surface area (Å²) < 4.78 is 8.96. The number of rotatable bonds is 2. The van der Waals surface area contributed by atoms with Crippen molar-refractivity contribution in [2.45, 2.75) is 0 Å². The van der Waals surface area contributed by atoms with Gasteiger partial charge in [0.2, 0.25) is 0 Å². The molecular formula is C8H10O4. The number of hydrogen-bond donors (Lipinski definition) is 0. The fraction of sp³-hybridized carbons (Fsp3) is 0.500. The van der Waals surface area contributed by atoms with Gasteiger partial charge in [-0.25, -0.2) is 0 Å². The van der Waals surface area contributed by atoms with E-state index in [0.29, 0.717) is 0 Å². The quantitative estimate of drug-likeness (QED) is 0.436. The van der Waals surface area contributed by atoms with Crippen molar-refractivity contribution < 1.29 is 19.1 Å². The van der Waals surface area contributed by atoms with E-state index in [1.54, 1.807) is 12.2 Å². The van der Waals surface area contributed by atoms with Gasteiger partial charge in [-0.1, -0.05) is 12.2 Å².